The van der Waals surface area contributed by atoms with Gasteiger partial charge in [-0.05, 0) is 113 Å². The third-order valence-corrected chi connectivity index (χ3v) is 12.8. The third-order valence-electron chi connectivity index (χ3n) is 12.5. The van der Waals surface area contributed by atoms with Crippen LogP contribution in [0.1, 0.15) is 88.6 Å². The topological polar surface area (TPSA) is 213 Å². The fourth-order valence-corrected chi connectivity index (χ4v) is 9.13. The van der Waals surface area contributed by atoms with E-state index in [9.17, 15) is 18.4 Å². The van der Waals surface area contributed by atoms with Gasteiger partial charge in [0.05, 0.1) is 57.9 Å². The van der Waals surface area contributed by atoms with Crippen LogP contribution in [0.4, 0.5) is 14.6 Å². The van der Waals surface area contributed by atoms with Crippen molar-refractivity contribution < 1.29 is 18.3 Å². The van der Waals surface area contributed by atoms with Gasteiger partial charge in [0.15, 0.2) is 27.8 Å². The summed E-state index contributed by atoms with van der Waals surface area (Å²) in [5.74, 6) is 0.489. The molecule has 21 heteroatoms. The monoisotopic (exact) mass is 1010 g/mol. The Kier molecular flexibility index (Phi) is 14.3. The second kappa shape index (κ2) is 21.4. The molecule has 12 rings (SSSR count). The van der Waals surface area contributed by atoms with Crippen molar-refractivity contribution in [2.24, 2.45) is 5.73 Å². The molecule has 0 spiro atoms. The first-order valence-corrected chi connectivity index (χ1v) is 24.2. The highest BCUT2D eigenvalue weighted by atomic mass is 35.5. The standard InChI is InChI=1S/C26H24FN7O2.C16H14FN3O.C10H11ClN4O/c1-16(31-23-22-25(29-14-28-23)33(15-30-22)21-9-5-6-12-36-21)24-32-20-11-10-17(27)13-19(20)26(35)34(24)18-7-3-2-4-8-18;1-10(18)15-19-14-8-7-11(17)9-13(14)16(21)20(15)12-5-3-2-4-6-12;11-9-8-10(13-5-12-9)15(6-14-8)7-3-1-2-4-16-7/h2-4,7-8,10-11,13-16,21H,5-6,9,12H2,1H3,(H,28,29,31);2-10H,18H2,1H3;5-7H,1-4H2/t16-,21?;10-;/m00./s1. The molecule has 6 aromatic heterocycles. The van der Waals surface area contributed by atoms with E-state index >= 15 is 0 Å². The second-order valence-electron chi connectivity index (χ2n) is 17.5. The molecule has 2 fully saturated rings. The number of anilines is 1. The first kappa shape index (κ1) is 48.7. The number of ether oxygens (including phenoxy) is 2. The molecule has 18 nitrogen and oxygen atoms in total. The van der Waals surface area contributed by atoms with Crippen molar-refractivity contribution in [3.63, 3.8) is 0 Å². The highest BCUT2D eigenvalue weighted by molar-refractivity contribution is 6.33. The summed E-state index contributed by atoms with van der Waals surface area (Å²) < 4.78 is 45.8. The Morgan fingerprint density at radius 1 is 0.630 bits per heavy atom. The Labute approximate surface area is 420 Å². The number of nitrogens with zero attached hydrogens (tertiary/aromatic N) is 12. The molecular weight excluding hydrogens is 958 g/mol. The molecule has 8 heterocycles. The van der Waals surface area contributed by atoms with Gasteiger partial charge < -0.3 is 20.5 Å². The van der Waals surface area contributed by atoms with Crippen LogP contribution in [0.5, 0.6) is 0 Å². The summed E-state index contributed by atoms with van der Waals surface area (Å²) in [5.41, 5.74) is 10.1. The van der Waals surface area contributed by atoms with Crippen LogP contribution in [0.3, 0.4) is 0 Å². The van der Waals surface area contributed by atoms with Gasteiger partial charge in [-0.25, -0.2) is 48.7 Å². The quantitative estimate of drug-likeness (QED) is 0.136. The fraction of sp³-hybridized carbons (Fsp3) is 0.269. The van der Waals surface area contributed by atoms with Crippen LogP contribution >= 0.6 is 11.6 Å². The van der Waals surface area contributed by atoms with Crippen molar-refractivity contribution in [2.75, 3.05) is 18.5 Å². The summed E-state index contributed by atoms with van der Waals surface area (Å²) >= 11 is 5.94. The van der Waals surface area contributed by atoms with Crippen molar-refractivity contribution in [1.82, 2.24) is 58.1 Å². The van der Waals surface area contributed by atoms with Crippen molar-refractivity contribution >= 4 is 61.6 Å². The van der Waals surface area contributed by atoms with Gasteiger partial charge in [-0.3, -0.25) is 27.9 Å². The predicted molar refractivity (Wildman–Crippen MR) is 273 cm³/mol. The lowest BCUT2D eigenvalue weighted by molar-refractivity contribution is -0.0299. The molecule has 4 atom stereocenters. The first-order valence-electron chi connectivity index (χ1n) is 23.8. The Hall–Kier alpha value is -7.91. The lowest BCUT2D eigenvalue weighted by Crippen LogP contribution is -2.27. The van der Waals surface area contributed by atoms with Gasteiger partial charge >= 0.3 is 0 Å². The van der Waals surface area contributed by atoms with Gasteiger partial charge in [0.1, 0.15) is 53.9 Å². The molecule has 2 unspecified atom stereocenters. The normalized spacial score (nSPS) is 16.6. The maximum absolute atomic E-state index is 14.0. The number of nitrogens with one attached hydrogen (secondary N) is 1. The molecule has 2 aliphatic rings. The molecule has 73 heavy (non-hydrogen) atoms. The number of hydrogen-bond acceptors (Lipinski definition) is 14. The average molecular weight is 1010 g/mol. The maximum Gasteiger partial charge on any atom is 0.266 e. The molecule has 0 bridgehead atoms. The molecular formula is C52H49ClF2N14O4. The Bertz CT molecular complexity index is 3690. The summed E-state index contributed by atoms with van der Waals surface area (Å²) in [7, 11) is 0. The second-order valence-corrected chi connectivity index (χ2v) is 17.9. The van der Waals surface area contributed by atoms with Gasteiger partial charge in [0, 0.05) is 13.2 Å². The van der Waals surface area contributed by atoms with Crippen molar-refractivity contribution in [1.29, 1.82) is 0 Å². The molecule has 372 valence electrons. The number of nitrogens with two attached hydrogens (primary N) is 1. The van der Waals surface area contributed by atoms with E-state index in [1.165, 1.54) is 64.6 Å². The van der Waals surface area contributed by atoms with Gasteiger partial charge in [-0.2, -0.15) is 0 Å². The molecule has 10 aromatic rings. The van der Waals surface area contributed by atoms with E-state index in [0.29, 0.717) is 68.3 Å². The highest BCUT2D eigenvalue weighted by Crippen LogP contribution is 2.30. The van der Waals surface area contributed by atoms with Crippen LogP contribution in [-0.2, 0) is 9.47 Å². The number of halogens is 3. The van der Waals surface area contributed by atoms with Gasteiger partial charge in [-0.1, -0.05) is 48.0 Å². The van der Waals surface area contributed by atoms with Crippen LogP contribution in [0.25, 0.3) is 55.5 Å². The number of aromatic nitrogens is 12. The Morgan fingerprint density at radius 3 is 1.64 bits per heavy atom. The molecule has 0 saturated carbocycles. The smallest absolute Gasteiger partial charge is 0.266 e. The minimum atomic E-state index is -0.485. The first-order chi connectivity index (χ1) is 35.5. The number of benzene rings is 4. The average Bonchev–Trinajstić information content (AvgIpc) is 4.07. The highest BCUT2D eigenvalue weighted by Gasteiger charge is 2.24. The Balaban J connectivity index is 0.000000139. The van der Waals surface area contributed by atoms with E-state index in [-0.39, 0.29) is 34.3 Å². The Morgan fingerprint density at radius 2 is 1.12 bits per heavy atom. The van der Waals surface area contributed by atoms with Crippen LogP contribution < -0.4 is 22.2 Å². The molecule has 4 aromatic carbocycles. The van der Waals surface area contributed by atoms with E-state index in [2.05, 4.69) is 40.2 Å². The zero-order chi connectivity index (χ0) is 50.6. The van der Waals surface area contributed by atoms with Crippen molar-refractivity contribution in [3.8, 4) is 11.4 Å². The summed E-state index contributed by atoms with van der Waals surface area (Å²) in [4.78, 5) is 61.2. The summed E-state index contributed by atoms with van der Waals surface area (Å²) in [5, 5.41) is 4.21. The number of hydrogen-bond donors (Lipinski definition) is 2. The van der Waals surface area contributed by atoms with Crippen LogP contribution in [0.15, 0.2) is 132 Å². The van der Waals surface area contributed by atoms with Crippen LogP contribution in [0.2, 0.25) is 5.15 Å². The van der Waals surface area contributed by atoms with Gasteiger partial charge in [-0.15, -0.1) is 0 Å². The van der Waals surface area contributed by atoms with E-state index in [1.807, 2.05) is 64.6 Å². The van der Waals surface area contributed by atoms with E-state index in [0.717, 1.165) is 44.4 Å². The largest absolute Gasteiger partial charge is 0.358 e. The van der Waals surface area contributed by atoms with Gasteiger partial charge in [0.2, 0.25) is 0 Å². The third kappa shape index (κ3) is 10.1. The summed E-state index contributed by atoms with van der Waals surface area (Å²) in [6, 6.07) is 25.4. The van der Waals surface area contributed by atoms with Crippen LogP contribution in [0, 0.1) is 11.6 Å². The lowest BCUT2D eigenvalue weighted by atomic mass is 10.2. The minimum Gasteiger partial charge on any atom is -0.358 e. The van der Waals surface area contributed by atoms with E-state index in [4.69, 9.17) is 31.8 Å². The minimum absolute atomic E-state index is 0.0321. The lowest BCUT2D eigenvalue weighted by Gasteiger charge is -2.23. The molecule has 2 aliphatic heterocycles. The number of imidazole rings is 2. The number of para-hydroxylation sites is 2. The van der Waals surface area contributed by atoms with E-state index in [1.54, 1.807) is 31.7 Å². The van der Waals surface area contributed by atoms with Gasteiger partial charge in [0.25, 0.3) is 11.1 Å². The molecule has 0 amide bonds. The van der Waals surface area contributed by atoms with Crippen LogP contribution in [-0.4, -0.2) is 71.4 Å². The molecule has 3 N–H and O–H groups in total. The predicted octanol–water partition coefficient (Wildman–Crippen LogP) is 9.26. The summed E-state index contributed by atoms with van der Waals surface area (Å²) in [6.07, 6.45) is 12.7. The maximum atomic E-state index is 14.0. The zero-order valence-electron chi connectivity index (χ0n) is 39.7. The summed E-state index contributed by atoms with van der Waals surface area (Å²) in [6.45, 7) is 5.16. The van der Waals surface area contributed by atoms with E-state index < -0.39 is 23.7 Å². The number of fused-ring (bicyclic) bond motifs is 4. The fourth-order valence-electron chi connectivity index (χ4n) is 8.96. The van der Waals surface area contributed by atoms with Crippen molar-refractivity contribution in [3.05, 3.63) is 172 Å². The zero-order valence-corrected chi connectivity index (χ0v) is 40.5. The molecule has 0 aliphatic carbocycles. The molecule has 2 saturated heterocycles. The SMILES string of the molecule is C[C@H](N)c1nc2ccc(F)cc2c(=O)n1-c1ccccc1.C[C@H](Nc1ncnc2c1ncn2C1CCCCO1)c1nc2ccc(F)cc2c(=O)n1-c1ccccc1.Clc1ncnc2c1ncn2C1CCCCO1. The number of rotatable bonds is 8. The van der Waals surface area contributed by atoms with Crippen molar-refractivity contribution in [2.45, 2.75) is 76.9 Å². The molecule has 0 radical (unpaired) electrons.